The normalized spacial score (nSPS) is 11.3. The van der Waals surface area contributed by atoms with Gasteiger partial charge in [-0.15, -0.1) is 0 Å². The minimum Gasteiger partial charge on any atom is -0.364 e. The summed E-state index contributed by atoms with van der Waals surface area (Å²) >= 11 is 0. The van der Waals surface area contributed by atoms with E-state index in [-0.39, 0.29) is 5.56 Å². The molecular formula is C12H8F3N3O. The fraction of sp³-hybridized carbons (Fsp3) is 0.0833. The number of primary amides is 1. The maximum Gasteiger partial charge on any atom is 0.433 e. The number of aromatic nitrogens is 2. The second-order valence-electron chi connectivity index (χ2n) is 3.70. The summed E-state index contributed by atoms with van der Waals surface area (Å²) in [6.07, 6.45) is -3.22. The summed E-state index contributed by atoms with van der Waals surface area (Å²) in [7, 11) is 0. The molecule has 0 fully saturated rings. The van der Waals surface area contributed by atoms with Crippen LogP contribution in [0, 0.1) is 0 Å². The summed E-state index contributed by atoms with van der Waals surface area (Å²) in [5.74, 6) is -1.02. The van der Waals surface area contributed by atoms with E-state index < -0.39 is 23.5 Å². The van der Waals surface area contributed by atoms with E-state index in [9.17, 15) is 18.0 Å². The van der Waals surface area contributed by atoms with Crippen molar-refractivity contribution < 1.29 is 18.0 Å². The molecule has 2 heterocycles. The topological polar surface area (TPSA) is 68.9 Å². The van der Waals surface area contributed by atoms with Crippen LogP contribution >= 0.6 is 0 Å². The molecule has 0 spiro atoms. The predicted molar refractivity (Wildman–Crippen MR) is 61.0 cm³/mol. The number of nitrogens with two attached hydrogens (primary N) is 1. The number of alkyl halides is 3. The Labute approximate surface area is 106 Å². The lowest BCUT2D eigenvalue weighted by atomic mass is 10.1. The van der Waals surface area contributed by atoms with E-state index in [1.807, 2.05) is 0 Å². The number of halogens is 3. The Morgan fingerprint density at radius 1 is 1.21 bits per heavy atom. The Bertz CT molecular complexity index is 611. The van der Waals surface area contributed by atoms with E-state index in [0.717, 1.165) is 6.07 Å². The van der Waals surface area contributed by atoms with Gasteiger partial charge in [-0.1, -0.05) is 6.07 Å². The van der Waals surface area contributed by atoms with Crippen LogP contribution in [0.1, 0.15) is 16.2 Å². The van der Waals surface area contributed by atoms with Gasteiger partial charge in [0, 0.05) is 11.8 Å². The number of carbonyl (C=O) groups excluding carboxylic acids is 1. The maximum atomic E-state index is 12.7. The number of amides is 1. The zero-order valence-corrected chi connectivity index (χ0v) is 9.48. The van der Waals surface area contributed by atoms with Crippen molar-refractivity contribution in [1.82, 2.24) is 9.97 Å². The molecule has 0 unspecified atom stereocenters. The van der Waals surface area contributed by atoms with Gasteiger partial charge in [-0.05, 0) is 24.3 Å². The second kappa shape index (κ2) is 4.68. The van der Waals surface area contributed by atoms with Crippen molar-refractivity contribution in [3.8, 4) is 11.3 Å². The first-order valence-electron chi connectivity index (χ1n) is 5.18. The monoisotopic (exact) mass is 267 g/mol. The minimum absolute atomic E-state index is 0.136. The smallest absolute Gasteiger partial charge is 0.364 e. The Hall–Kier alpha value is -2.44. The van der Waals surface area contributed by atoms with Crippen molar-refractivity contribution in [3.63, 3.8) is 0 Å². The second-order valence-corrected chi connectivity index (χ2v) is 3.70. The quantitative estimate of drug-likeness (QED) is 0.907. The van der Waals surface area contributed by atoms with E-state index in [0.29, 0.717) is 5.69 Å². The molecule has 0 bridgehead atoms. The Morgan fingerprint density at radius 3 is 2.47 bits per heavy atom. The van der Waals surface area contributed by atoms with E-state index in [4.69, 9.17) is 5.73 Å². The first-order chi connectivity index (χ1) is 8.88. The van der Waals surface area contributed by atoms with E-state index in [2.05, 4.69) is 9.97 Å². The van der Waals surface area contributed by atoms with Gasteiger partial charge in [0.05, 0.1) is 5.69 Å². The molecule has 0 aliphatic rings. The van der Waals surface area contributed by atoms with Crippen LogP contribution in [-0.2, 0) is 6.18 Å². The van der Waals surface area contributed by atoms with Crippen LogP contribution in [0.3, 0.4) is 0 Å². The lowest BCUT2D eigenvalue weighted by molar-refractivity contribution is -0.141. The number of hydrogen-bond donors (Lipinski definition) is 1. The summed E-state index contributed by atoms with van der Waals surface area (Å²) in [5, 5.41) is 0. The first-order valence-corrected chi connectivity index (χ1v) is 5.18. The molecule has 0 aliphatic carbocycles. The van der Waals surface area contributed by atoms with Crippen LogP contribution in [0.5, 0.6) is 0 Å². The highest BCUT2D eigenvalue weighted by Crippen LogP contribution is 2.30. The van der Waals surface area contributed by atoms with Crippen molar-refractivity contribution in [2.24, 2.45) is 5.73 Å². The number of rotatable bonds is 2. The summed E-state index contributed by atoms with van der Waals surface area (Å²) in [4.78, 5) is 18.2. The standard InChI is InChI=1S/C12H8F3N3O/c13-12(14,15)10-6-7(5-9(18-10)11(16)19)8-3-1-2-4-17-8/h1-6H,(H2,16,19). The third-order valence-electron chi connectivity index (χ3n) is 2.33. The number of carbonyl (C=O) groups is 1. The molecule has 98 valence electrons. The van der Waals surface area contributed by atoms with Gasteiger partial charge in [0.15, 0.2) is 0 Å². The lowest BCUT2D eigenvalue weighted by Crippen LogP contribution is -2.17. The fourth-order valence-corrected chi connectivity index (χ4v) is 1.48. The SMILES string of the molecule is NC(=O)c1cc(-c2ccccn2)cc(C(F)(F)F)n1. The van der Waals surface area contributed by atoms with E-state index in [1.165, 1.54) is 18.3 Å². The summed E-state index contributed by atoms with van der Waals surface area (Å²) in [6, 6.07) is 6.79. The maximum absolute atomic E-state index is 12.7. The molecule has 0 radical (unpaired) electrons. The molecule has 1 amide bonds. The van der Waals surface area contributed by atoms with Crippen molar-refractivity contribution in [1.29, 1.82) is 0 Å². The van der Waals surface area contributed by atoms with Crippen LogP contribution in [0.25, 0.3) is 11.3 Å². The first kappa shape index (κ1) is 13.0. The van der Waals surface area contributed by atoms with Gasteiger partial charge in [0.25, 0.3) is 5.91 Å². The summed E-state index contributed by atoms with van der Waals surface area (Å²) in [6.45, 7) is 0. The van der Waals surface area contributed by atoms with Gasteiger partial charge in [-0.3, -0.25) is 9.78 Å². The van der Waals surface area contributed by atoms with Gasteiger partial charge >= 0.3 is 6.18 Å². The summed E-state index contributed by atoms with van der Waals surface area (Å²) in [5.41, 5.74) is 3.80. The van der Waals surface area contributed by atoms with Crippen LogP contribution in [0.4, 0.5) is 13.2 Å². The van der Waals surface area contributed by atoms with Crippen molar-refractivity contribution in [3.05, 3.63) is 47.9 Å². The van der Waals surface area contributed by atoms with Gasteiger partial charge in [-0.2, -0.15) is 13.2 Å². The largest absolute Gasteiger partial charge is 0.433 e. The zero-order valence-electron chi connectivity index (χ0n) is 9.48. The minimum atomic E-state index is -4.66. The van der Waals surface area contributed by atoms with Crippen LogP contribution in [0.15, 0.2) is 36.5 Å². The molecular weight excluding hydrogens is 259 g/mol. The number of nitrogens with zero attached hydrogens (tertiary/aromatic N) is 2. The zero-order chi connectivity index (χ0) is 14.0. The van der Waals surface area contributed by atoms with Gasteiger partial charge in [0.1, 0.15) is 11.4 Å². The average molecular weight is 267 g/mol. The molecule has 7 heteroatoms. The molecule has 2 rings (SSSR count). The molecule has 2 aromatic rings. The highest BCUT2D eigenvalue weighted by molar-refractivity contribution is 5.92. The Balaban J connectivity index is 2.62. The highest BCUT2D eigenvalue weighted by atomic mass is 19.4. The van der Waals surface area contributed by atoms with Gasteiger partial charge < -0.3 is 5.73 Å². The lowest BCUT2D eigenvalue weighted by Gasteiger charge is -2.09. The van der Waals surface area contributed by atoms with Crippen LogP contribution < -0.4 is 5.73 Å². The third-order valence-corrected chi connectivity index (χ3v) is 2.33. The molecule has 2 N–H and O–H groups in total. The third kappa shape index (κ3) is 2.87. The molecule has 0 aliphatic heterocycles. The van der Waals surface area contributed by atoms with E-state index in [1.54, 1.807) is 12.1 Å². The fourth-order valence-electron chi connectivity index (χ4n) is 1.48. The molecule has 0 atom stereocenters. The van der Waals surface area contributed by atoms with Crippen molar-refractivity contribution in [2.75, 3.05) is 0 Å². The van der Waals surface area contributed by atoms with Crippen molar-refractivity contribution in [2.45, 2.75) is 6.18 Å². The van der Waals surface area contributed by atoms with Crippen LogP contribution in [0.2, 0.25) is 0 Å². The van der Waals surface area contributed by atoms with Gasteiger partial charge in [-0.25, -0.2) is 4.98 Å². The molecule has 0 aromatic carbocycles. The predicted octanol–water partition coefficient (Wildman–Crippen LogP) is 2.26. The summed E-state index contributed by atoms with van der Waals surface area (Å²) < 4.78 is 38.1. The Morgan fingerprint density at radius 2 is 1.95 bits per heavy atom. The molecule has 0 saturated carbocycles. The molecule has 19 heavy (non-hydrogen) atoms. The van der Waals surface area contributed by atoms with Crippen LogP contribution in [-0.4, -0.2) is 15.9 Å². The molecule has 0 saturated heterocycles. The average Bonchev–Trinajstić information content (AvgIpc) is 2.38. The van der Waals surface area contributed by atoms with Crippen molar-refractivity contribution >= 4 is 5.91 Å². The molecule has 2 aromatic heterocycles. The highest BCUT2D eigenvalue weighted by Gasteiger charge is 2.33. The number of hydrogen-bond acceptors (Lipinski definition) is 3. The van der Waals surface area contributed by atoms with Gasteiger partial charge in [0.2, 0.25) is 0 Å². The van der Waals surface area contributed by atoms with E-state index >= 15 is 0 Å². The molecule has 4 nitrogen and oxygen atoms in total. The Kier molecular flexibility index (Phi) is 3.20. The number of pyridine rings is 2.